The van der Waals surface area contributed by atoms with Crippen molar-refractivity contribution in [3.8, 4) is 0 Å². The van der Waals surface area contributed by atoms with Gasteiger partial charge in [0, 0.05) is 6.92 Å². The molecule has 0 aliphatic carbocycles. The molecule has 0 amide bonds. The molecule has 96 valence electrons. The second-order valence-corrected chi connectivity index (χ2v) is 3.31. The number of hydrogen-bond donors (Lipinski definition) is 4. The number of carbonyl (C=O) groups is 1. The van der Waals surface area contributed by atoms with Crippen molar-refractivity contribution in [2.75, 3.05) is 6.61 Å². The van der Waals surface area contributed by atoms with Gasteiger partial charge in [-0.05, 0) is 0 Å². The predicted molar refractivity (Wildman–Crippen MR) is 55.9 cm³/mol. The number of aliphatic hydroxyl groups excluding tert-OH is 4. The third-order valence-corrected chi connectivity index (χ3v) is 2.13. The molecule has 0 aromatic heterocycles. The fourth-order valence-corrected chi connectivity index (χ4v) is 1.33. The minimum Gasteiger partial charge on any atom is -0.433 e. The van der Waals surface area contributed by atoms with Crippen molar-refractivity contribution in [2.24, 2.45) is 0 Å². The zero-order chi connectivity index (χ0) is 11.6. The van der Waals surface area contributed by atoms with Crippen LogP contribution in [0.2, 0.25) is 0 Å². The van der Waals surface area contributed by atoms with Gasteiger partial charge in [-0.3, -0.25) is 4.79 Å². The summed E-state index contributed by atoms with van der Waals surface area (Å²) in [6.07, 6.45) is -6.95. The van der Waals surface area contributed by atoms with E-state index in [1.54, 1.807) is 0 Å². The molecule has 8 heteroatoms. The SMILES string of the molecule is Br.CC(=O)O[C@H]1O[C@H](CO)[C@@H](O)[C@H](O)[C@H]1O. The number of halogens is 1. The normalized spacial score (nSPS) is 38.7. The van der Waals surface area contributed by atoms with Gasteiger partial charge in [0.15, 0.2) is 0 Å². The molecular weight excluding hydrogens is 288 g/mol. The fourth-order valence-electron chi connectivity index (χ4n) is 1.33. The summed E-state index contributed by atoms with van der Waals surface area (Å²) in [6, 6.07) is 0. The van der Waals surface area contributed by atoms with Crippen LogP contribution in [0.1, 0.15) is 6.92 Å². The Bertz CT molecular complexity index is 234. The molecule has 0 radical (unpaired) electrons. The lowest BCUT2D eigenvalue weighted by Crippen LogP contribution is -2.59. The first-order valence-electron chi connectivity index (χ1n) is 4.45. The van der Waals surface area contributed by atoms with Crippen molar-refractivity contribution in [1.29, 1.82) is 0 Å². The summed E-state index contributed by atoms with van der Waals surface area (Å²) in [6.45, 7) is 0.560. The fraction of sp³-hybridized carbons (Fsp3) is 0.875. The van der Waals surface area contributed by atoms with Crippen molar-refractivity contribution in [1.82, 2.24) is 0 Å². The molecule has 0 bridgehead atoms. The second-order valence-electron chi connectivity index (χ2n) is 3.31. The molecule has 5 atom stereocenters. The summed E-state index contributed by atoms with van der Waals surface area (Å²) in [4.78, 5) is 10.6. The van der Waals surface area contributed by atoms with Crippen LogP contribution in [0.15, 0.2) is 0 Å². The number of hydrogen-bond acceptors (Lipinski definition) is 7. The van der Waals surface area contributed by atoms with Crippen LogP contribution in [-0.4, -0.2) is 63.7 Å². The Morgan fingerprint density at radius 1 is 1.25 bits per heavy atom. The van der Waals surface area contributed by atoms with Crippen LogP contribution >= 0.6 is 17.0 Å². The minimum absolute atomic E-state index is 0. The number of carbonyl (C=O) groups excluding carboxylic acids is 1. The molecule has 16 heavy (non-hydrogen) atoms. The van der Waals surface area contributed by atoms with Gasteiger partial charge < -0.3 is 29.9 Å². The van der Waals surface area contributed by atoms with E-state index in [0.717, 1.165) is 6.92 Å². The highest BCUT2D eigenvalue weighted by molar-refractivity contribution is 8.93. The lowest BCUT2D eigenvalue weighted by Gasteiger charge is -2.38. The Balaban J connectivity index is 0.00000225. The summed E-state index contributed by atoms with van der Waals surface area (Å²) < 4.78 is 9.45. The highest BCUT2D eigenvalue weighted by Gasteiger charge is 2.44. The zero-order valence-electron chi connectivity index (χ0n) is 8.52. The van der Waals surface area contributed by atoms with E-state index in [-0.39, 0.29) is 17.0 Å². The molecule has 0 saturated carbocycles. The van der Waals surface area contributed by atoms with E-state index in [4.69, 9.17) is 9.84 Å². The number of ether oxygens (including phenoxy) is 2. The molecule has 1 rings (SSSR count). The molecule has 0 unspecified atom stereocenters. The molecule has 0 aromatic carbocycles. The maximum absolute atomic E-state index is 10.6. The Morgan fingerprint density at radius 3 is 2.25 bits per heavy atom. The van der Waals surface area contributed by atoms with Crippen molar-refractivity contribution < 1.29 is 34.7 Å². The largest absolute Gasteiger partial charge is 0.433 e. The molecule has 1 aliphatic heterocycles. The summed E-state index contributed by atoms with van der Waals surface area (Å²) in [5, 5.41) is 36.8. The summed E-state index contributed by atoms with van der Waals surface area (Å²) in [7, 11) is 0. The highest BCUT2D eigenvalue weighted by atomic mass is 79.9. The Kier molecular flexibility index (Phi) is 6.38. The maximum Gasteiger partial charge on any atom is 0.305 e. The Hall–Kier alpha value is -0.250. The lowest BCUT2D eigenvalue weighted by molar-refractivity contribution is -0.292. The molecule has 4 N–H and O–H groups in total. The molecule has 1 aliphatic rings. The maximum atomic E-state index is 10.6. The molecule has 0 aromatic rings. The highest BCUT2D eigenvalue weighted by Crippen LogP contribution is 2.21. The van der Waals surface area contributed by atoms with Crippen molar-refractivity contribution in [3.05, 3.63) is 0 Å². The van der Waals surface area contributed by atoms with Crippen LogP contribution in [-0.2, 0) is 14.3 Å². The Morgan fingerprint density at radius 2 is 1.81 bits per heavy atom. The number of rotatable bonds is 2. The first kappa shape index (κ1) is 15.8. The third kappa shape index (κ3) is 3.37. The number of esters is 1. The molecule has 1 fully saturated rings. The van der Waals surface area contributed by atoms with E-state index in [2.05, 4.69) is 4.74 Å². The van der Waals surface area contributed by atoms with Crippen molar-refractivity contribution in [2.45, 2.75) is 37.6 Å². The van der Waals surface area contributed by atoms with Crippen LogP contribution in [0.5, 0.6) is 0 Å². The minimum atomic E-state index is -1.54. The molecule has 1 saturated heterocycles. The van der Waals surface area contributed by atoms with Gasteiger partial charge >= 0.3 is 5.97 Å². The zero-order valence-corrected chi connectivity index (χ0v) is 10.2. The molecular formula is C8H15BrO7. The van der Waals surface area contributed by atoms with Crippen LogP contribution < -0.4 is 0 Å². The van der Waals surface area contributed by atoms with Crippen molar-refractivity contribution >= 4 is 23.0 Å². The Labute approximate surface area is 102 Å². The average Bonchev–Trinajstić information content (AvgIpc) is 2.18. The van der Waals surface area contributed by atoms with E-state index >= 15 is 0 Å². The van der Waals surface area contributed by atoms with E-state index in [0.29, 0.717) is 0 Å². The van der Waals surface area contributed by atoms with E-state index in [9.17, 15) is 20.1 Å². The third-order valence-electron chi connectivity index (χ3n) is 2.13. The van der Waals surface area contributed by atoms with Gasteiger partial charge in [0.2, 0.25) is 6.29 Å². The van der Waals surface area contributed by atoms with E-state index in [1.165, 1.54) is 0 Å². The topological polar surface area (TPSA) is 116 Å². The molecule has 1 heterocycles. The average molecular weight is 303 g/mol. The van der Waals surface area contributed by atoms with Gasteiger partial charge in [0.05, 0.1) is 6.61 Å². The quantitative estimate of drug-likeness (QED) is 0.433. The molecule has 7 nitrogen and oxygen atoms in total. The summed E-state index contributed by atoms with van der Waals surface area (Å²) in [5.74, 6) is -0.695. The monoisotopic (exact) mass is 302 g/mol. The smallest absolute Gasteiger partial charge is 0.305 e. The van der Waals surface area contributed by atoms with Gasteiger partial charge in [0.1, 0.15) is 24.4 Å². The summed E-state index contributed by atoms with van der Waals surface area (Å²) in [5.41, 5.74) is 0. The van der Waals surface area contributed by atoms with Gasteiger partial charge in [-0.25, -0.2) is 0 Å². The first-order valence-corrected chi connectivity index (χ1v) is 4.45. The van der Waals surface area contributed by atoms with E-state index < -0.39 is 43.3 Å². The first-order chi connectivity index (χ1) is 6.97. The second kappa shape index (κ2) is 6.48. The lowest BCUT2D eigenvalue weighted by atomic mass is 9.99. The predicted octanol–water partition coefficient (Wildman–Crippen LogP) is -2.07. The van der Waals surface area contributed by atoms with Gasteiger partial charge in [-0.1, -0.05) is 0 Å². The van der Waals surface area contributed by atoms with Crippen molar-refractivity contribution in [3.63, 3.8) is 0 Å². The van der Waals surface area contributed by atoms with Gasteiger partial charge in [-0.15, -0.1) is 17.0 Å². The standard InChI is InChI=1S/C8H14O7.BrH/c1-3(10)14-8-7(13)6(12)5(11)4(2-9)15-8;/h4-9,11-13H,2H2,1H3;1H/t4-,5-,6+,7-,8+;/m1./s1. The summed E-state index contributed by atoms with van der Waals surface area (Å²) >= 11 is 0. The molecule has 0 spiro atoms. The number of aliphatic hydroxyl groups is 4. The van der Waals surface area contributed by atoms with Crippen LogP contribution in [0.3, 0.4) is 0 Å². The van der Waals surface area contributed by atoms with Crippen LogP contribution in [0.4, 0.5) is 0 Å². The van der Waals surface area contributed by atoms with E-state index in [1.807, 2.05) is 0 Å². The van der Waals surface area contributed by atoms with Gasteiger partial charge in [-0.2, -0.15) is 0 Å². The van der Waals surface area contributed by atoms with Crippen LogP contribution in [0, 0.1) is 0 Å². The van der Waals surface area contributed by atoms with Gasteiger partial charge in [0.25, 0.3) is 0 Å². The van der Waals surface area contributed by atoms with Crippen LogP contribution in [0.25, 0.3) is 0 Å².